The molecule has 4 nitrogen and oxygen atoms in total. The van der Waals surface area contributed by atoms with Crippen LogP contribution in [0.15, 0.2) is 91.3 Å². The fourth-order valence-electron chi connectivity index (χ4n) is 4.32. The van der Waals surface area contributed by atoms with E-state index < -0.39 is 0 Å². The Morgan fingerprint density at radius 2 is 1.81 bits per heavy atom. The van der Waals surface area contributed by atoms with E-state index in [2.05, 4.69) is 52.5 Å². The van der Waals surface area contributed by atoms with Gasteiger partial charge in [-0.1, -0.05) is 31.2 Å². The number of aromatic nitrogens is 2. The van der Waals surface area contributed by atoms with Crippen LogP contribution in [-0.4, -0.2) is 14.7 Å². The van der Waals surface area contributed by atoms with E-state index in [1.165, 1.54) is 11.6 Å². The fraction of sp³-hybridized carbons (Fsp3) is 0.154. The van der Waals surface area contributed by atoms with Crippen molar-refractivity contribution in [3.05, 3.63) is 114 Å². The quantitative estimate of drug-likeness (QED) is 0.399. The highest BCUT2D eigenvalue weighted by Crippen LogP contribution is 2.42. The number of hydrogen-bond acceptors (Lipinski definition) is 2. The number of nitrogens with one attached hydrogen (secondary N) is 1. The number of rotatable bonds is 5. The lowest BCUT2D eigenvalue weighted by Gasteiger charge is -2.29. The molecule has 0 spiro atoms. The van der Waals surface area contributed by atoms with Crippen molar-refractivity contribution >= 4 is 23.0 Å². The van der Waals surface area contributed by atoms with E-state index >= 15 is 0 Å². The zero-order valence-corrected chi connectivity index (χ0v) is 18.5. The van der Waals surface area contributed by atoms with Gasteiger partial charge >= 0.3 is 0 Å². The lowest BCUT2D eigenvalue weighted by Crippen LogP contribution is -2.30. The maximum atomic E-state index is 14.0. The molecule has 160 valence electrons. The minimum absolute atomic E-state index is 0.156. The van der Waals surface area contributed by atoms with Gasteiger partial charge in [-0.05, 0) is 78.8 Å². The first kappa shape index (κ1) is 20.4. The lowest BCUT2D eigenvalue weighted by molar-refractivity contribution is 0.549. The number of halogens is 1. The third-order valence-corrected chi connectivity index (χ3v) is 6.21. The Labute approximate surface area is 192 Å². The van der Waals surface area contributed by atoms with Crippen molar-refractivity contribution < 1.29 is 4.39 Å². The number of aryl methyl sites for hydroxylation is 1. The SMILES string of the molecule is CCc1ccc(N2C(=S)N[C@H](c3ccccn3)[C@@H]2c2cccn2-c2cccc(F)c2)cc1. The number of anilines is 1. The lowest BCUT2D eigenvalue weighted by atomic mass is 10.0. The Morgan fingerprint density at radius 3 is 2.53 bits per heavy atom. The van der Waals surface area contributed by atoms with Gasteiger partial charge in [0.25, 0.3) is 0 Å². The second-order valence-corrected chi connectivity index (χ2v) is 8.19. The standard InChI is InChI=1S/C26H23FN4S/c1-2-18-11-13-20(14-12-18)31-25(24(29-26(31)32)22-9-3-4-15-28-22)23-10-6-16-30(23)21-8-5-7-19(27)17-21/h3-17,24-25H,2H2,1H3,(H,29,32)/t24-,25+/m1/s1. The molecule has 0 bridgehead atoms. The van der Waals surface area contributed by atoms with Crippen molar-refractivity contribution in [1.82, 2.24) is 14.9 Å². The third-order valence-electron chi connectivity index (χ3n) is 5.89. The molecule has 1 aliphatic heterocycles. The average Bonchev–Trinajstić information content (AvgIpc) is 3.44. The molecule has 0 aliphatic carbocycles. The van der Waals surface area contributed by atoms with Crippen LogP contribution >= 0.6 is 12.2 Å². The van der Waals surface area contributed by atoms with Crippen LogP contribution in [0.4, 0.5) is 10.1 Å². The Bertz CT molecular complexity index is 1240. The van der Waals surface area contributed by atoms with Gasteiger partial charge in [-0.25, -0.2) is 4.39 Å². The van der Waals surface area contributed by atoms with Gasteiger partial charge in [-0.3, -0.25) is 4.98 Å². The number of thiocarbonyl (C=S) groups is 1. The summed E-state index contributed by atoms with van der Waals surface area (Å²) >= 11 is 5.81. The molecule has 0 radical (unpaired) electrons. The van der Waals surface area contributed by atoms with Crippen LogP contribution in [0.2, 0.25) is 0 Å². The molecular formula is C26H23FN4S. The van der Waals surface area contributed by atoms with Crippen molar-refractivity contribution in [2.75, 3.05) is 4.90 Å². The summed E-state index contributed by atoms with van der Waals surface area (Å²) in [6.07, 6.45) is 4.73. The zero-order chi connectivity index (χ0) is 22.1. The fourth-order valence-corrected chi connectivity index (χ4v) is 4.67. The molecule has 32 heavy (non-hydrogen) atoms. The summed E-state index contributed by atoms with van der Waals surface area (Å²) in [7, 11) is 0. The predicted molar refractivity (Wildman–Crippen MR) is 129 cm³/mol. The van der Waals surface area contributed by atoms with Gasteiger partial charge < -0.3 is 14.8 Å². The molecule has 1 fully saturated rings. The first-order chi connectivity index (χ1) is 15.7. The maximum Gasteiger partial charge on any atom is 0.174 e. The second-order valence-electron chi connectivity index (χ2n) is 7.80. The van der Waals surface area contributed by atoms with Gasteiger partial charge in [-0.2, -0.15) is 0 Å². The molecule has 3 heterocycles. The first-order valence-corrected chi connectivity index (χ1v) is 11.1. The summed E-state index contributed by atoms with van der Waals surface area (Å²) in [6, 6.07) is 24.7. The summed E-state index contributed by atoms with van der Waals surface area (Å²) in [5, 5.41) is 4.12. The molecule has 1 aliphatic rings. The zero-order valence-electron chi connectivity index (χ0n) is 17.6. The highest BCUT2D eigenvalue weighted by Gasteiger charge is 2.42. The second kappa shape index (κ2) is 8.55. The molecule has 0 amide bonds. The molecule has 2 atom stereocenters. The van der Waals surface area contributed by atoms with Crippen LogP contribution in [0.1, 0.15) is 36.0 Å². The minimum Gasteiger partial charge on any atom is -0.351 e. The van der Waals surface area contributed by atoms with Gasteiger partial charge in [0.2, 0.25) is 0 Å². The van der Waals surface area contributed by atoms with Crippen molar-refractivity contribution in [2.24, 2.45) is 0 Å². The van der Waals surface area contributed by atoms with E-state index in [4.69, 9.17) is 12.2 Å². The van der Waals surface area contributed by atoms with E-state index in [0.717, 1.165) is 29.2 Å². The Kier molecular flexibility index (Phi) is 5.45. The van der Waals surface area contributed by atoms with Crippen LogP contribution in [-0.2, 0) is 6.42 Å². The first-order valence-electron chi connectivity index (χ1n) is 10.7. The van der Waals surface area contributed by atoms with Crippen molar-refractivity contribution in [2.45, 2.75) is 25.4 Å². The highest BCUT2D eigenvalue weighted by molar-refractivity contribution is 7.80. The molecule has 1 saturated heterocycles. The summed E-state index contributed by atoms with van der Waals surface area (Å²) in [4.78, 5) is 6.75. The molecule has 2 aromatic carbocycles. The predicted octanol–water partition coefficient (Wildman–Crippen LogP) is 5.75. The molecular weight excluding hydrogens is 419 g/mol. The molecule has 2 aromatic heterocycles. The van der Waals surface area contributed by atoms with Crippen LogP contribution in [0, 0.1) is 5.82 Å². The van der Waals surface area contributed by atoms with Crippen molar-refractivity contribution in [1.29, 1.82) is 0 Å². The highest BCUT2D eigenvalue weighted by atomic mass is 32.1. The van der Waals surface area contributed by atoms with E-state index in [-0.39, 0.29) is 17.9 Å². The third kappa shape index (κ3) is 3.67. The van der Waals surface area contributed by atoms with E-state index in [1.807, 2.05) is 41.1 Å². The van der Waals surface area contributed by atoms with Crippen LogP contribution < -0.4 is 10.2 Å². The van der Waals surface area contributed by atoms with Gasteiger partial charge in [0.1, 0.15) is 11.9 Å². The smallest absolute Gasteiger partial charge is 0.174 e. The minimum atomic E-state index is -0.268. The molecule has 0 unspecified atom stereocenters. The summed E-state index contributed by atoms with van der Waals surface area (Å²) < 4.78 is 16.0. The van der Waals surface area contributed by atoms with Gasteiger partial charge in [0.05, 0.1) is 11.7 Å². The van der Waals surface area contributed by atoms with E-state index in [0.29, 0.717) is 5.11 Å². The maximum absolute atomic E-state index is 14.0. The Morgan fingerprint density at radius 1 is 0.969 bits per heavy atom. The number of hydrogen-bond donors (Lipinski definition) is 1. The van der Waals surface area contributed by atoms with Gasteiger partial charge in [0.15, 0.2) is 5.11 Å². The van der Waals surface area contributed by atoms with Crippen LogP contribution in [0.3, 0.4) is 0 Å². The normalized spacial score (nSPS) is 18.1. The van der Waals surface area contributed by atoms with E-state index in [1.54, 1.807) is 18.3 Å². The Balaban J connectivity index is 1.65. The topological polar surface area (TPSA) is 33.1 Å². The Hall–Kier alpha value is -3.51. The van der Waals surface area contributed by atoms with Crippen LogP contribution in [0.25, 0.3) is 5.69 Å². The van der Waals surface area contributed by atoms with Crippen molar-refractivity contribution in [3.63, 3.8) is 0 Å². The van der Waals surface area contributed by atoms with E-state index in [9.17, 15) is 4.39 Å². The molecule has 1 N–H and O–H groups in total. The molecule has 5 rings (SSSR count). The van der Waals surface area contributed by atoms with Gasteiger partial charge in [-0.15, -0.1) is 0 Å². The molecule has 4 aromatic rings. The summed E-state index contributed by atoms with van der Waals surface area (Å²) in [6.45, 7) is 2.14. The number of benzene rings is 2. The summed E-state index contributed by atoms with van der Waals surface area (Å²) in [5.41, 5.74) is 4.95. The van der Waals surface area contributed by atoms with Crippen LogP contribution in [0.5, 0.6) is 0 Å². The molecule has 6 heteroatoms. The monoisotopic (exact) mass is 442 g/mol. The number of pyridine rings is 1. The molecule has 0 saturated carbocycles. The average molecular weight is 443 g/mol. The van der Waals surface area contributed by atoms with Gasteiger partial charge in [0, 0.05) is 29.5 Å². The largest absolute Gasteiger partial charge is 0.351 e. The number of nitrogens with zero attached hydrogens (tertiary/aromatic N) is 3. The van der Waals surface area contributed by atoms with Crippen molar-refractivity contribution in [3.8, 4) is 5.69 Å². The summed E-state index contributed by atoms with van der Waals surface area (Å²) in [5.74, 6) is -0.268.